The Bertz CT molecular complexity index is 437. The molecule has 92 valence electrons. The SMILES string of the molecule is CN1CC(Nc2ncc(Br)cc2N)CCC1=O. The van der Waals surface area contributed by atoms with Crippen LogP contribution in [0.15, 0.2) is 16.7 Å². The zero-order valence-electron chi connectivity index (χ0n) is 9.61. The van der Waals surface area contributed by atoms with E-state index < -0.39 is 0 Å². The van der Waals surface area contributed by atoms with Crippen molar-refractivity contribution in [3.05, 3.63) is 16.7 Å². The van der Waals surface area contributed by atoms with E-state index in [1.54, 1.807) is 11.1 Å². The maximum atomic E-state index is 11.4. The number of rotatable bonds is 2. The first kappa shape index (κ1) is 12.2. The highest BCUT2D eigenvalue weighted by Crippen LogP contribution is 2.22. The summed E-state index contributed by atoms with van der Waals surface area (Å²) in [5.41, 5.74) is 6.48. The minimum atomic E-state index is 0.194. The number of hydrogen-bond acceptors (Lipinski definition) is 4. The van der Waals surface area contributed by atoms with E-state index in [2.05, 4.69) is 26.2 Å². The zero-order valence-corrected chi connectivity index (χ0v) is 11.2. The summed E-state index contributed by atoms with van der Waals surface area (Å²) in [6.07, 6.45) is 3.10. The average Bonchev–Trinajstić information content (AvgIpc) is 2.27. The van der Waals surface area contributed by atoms with Crippen LogP contribution in [0.3, 0.4) is 0 Å². The number of piperidine rings is 1. The summed E-state index contributed by atoms with van der Waals surface area (Å²) in [6, 6.07) is 2.03. The highest BCUT2D eigenvalue weighted by atomic mass is 79.9. The molecule has 1 fully saturated rings. The van der Waals surface area contributed by atoms with Gasteiger partial charge in [-0.2, -0.15) is 0 Å². The van der Waals surface area contributed by atoms with Crippen LogP contribution in [0.1, 0.15) is 12.8 Å². The van der Waals surface area contributed by atoms with Crippen LogP contribution in [-0.4, -0.2) is 35.4 Å². The minimum absolute atomic E-state index is 0.194. The van der Waals surface area contributed by atoms with E-state index in [0.29, 0.717) is 24.5 Å². The Hall–Kier alpha value is -1.30. The van der Waals surface area contributed by atoms with Gasteiger partial charge in [-0.3, -0.25) is 4.79 Å². The van der Waals surface area contributed by atoms with Crippen molar-refractivity contribution in [1.82, 2.24) is 9.88 Å². The van der Waals surface area contributed by atoms with Crippen LogP contribution in [-0.2, 0) is 4.79 Å². The molecule has 3 N–H and O–H groups in total. The average molecular weight is 299 g/mol. The summed E-state index contributed by atoms with van der Waals surface area (Å²) in [7, 11) is 1.81. The number of likely N-dealkylation sites (N-methyl/N-ethyl adjacent to an activating group) is 1. The lowest BCUT2D eigenvalue weighted by Crippen LogP contribution is -2.43. The monoisotopic (exact) mass is 298 g/mol. The maximum absolute atomic E-state index is 11.4. The van der Waals surface area contributed by atoms with Gasteiger partial charge in [0.05, 0.1) is 5.69 Å². The van der Waals surface area contributed by atoms with Gasteiger partial charge in [-0.05, 0) is 28.4 Å². The lowest BCUT2D eigenvalue weighted by atomic mass is 10.1. The third-order valence-corrected chi connectivity index (χ3v) is 3.28. The van der Waals surface area contributed by atoms with Crippen molar-refractivity contribution in [1.29, 1.82) is 0 Å². The molecular weight excluding hydrogens is 284 g/mol. The van der Waals surface area contributed by atoms with Gasteiger partial charge in [-0.15, -0.1) is 0 Å². The molecule has 2 rings (SSSR count). The van der Waals surface area contributed by atoms with Crippen LogP contribution < -0.4 is 11.1 Å². The number of anilines is 2. The Labute approximate surface area is 109 Å². The molecule has 0 aromatic carbocycles. The van der Waals surface area contributed by atoms with Gasteiger partial charge in [0.1, 0.15) is 5.82 Å². The van der Waals surface area contributed by atoms with Gasteiger partial charge in [-0.25, -0.2) is 4.98 Å². The highest BCUT2D eigenvalue weighted by Gasteiger charge is 2.23. The predicted molar refractivity (Wildman–Crippen MR) is 70.6 cm³/mol. The number of aromatic nitrogens is 1. The number of carbonyl (C=O) groups is 1. The molecule has 6 heteroatoms. The second-order valence-corrected chi connectivity index (χ2v) is 5.16. The number of hydrogen-bond donors (Lipinski definition) is 2. The van der Waals surface area contributed by atoms with Gasteiger partial charge in [0, 0.05) is 36.7 Å². The summed E-state index contributed by atoms with van der Waals surface area (Å²) in [5, 5.41) is 3.28. The number of pyridine rings is 1. The fourth-order valence-electron chi connectivity index (χ4n) is 1.90. The molecule has 0 radical (unpaired) electrons. The Morgan fingerprint density at radius 2 is 2.41 bits per heavy atom. The fraction of sp³-hybridized carbons (Fsp3) is 0.455. The predicted octanol–water partition coefficient (Wildman–Crippen LogP) is 1.46. The molecule has 1 aliphatic heterocycles. The van der Waals surface area contributed by atoms with E-state index in [0.717, 1.165) is 10.9 Å². The van der Waals surface area contributed by atoms with E-state index >= 15 is 0 Å². The Balaban J connectivity index is 2.03. The van der Waals surface area contributed by atoms with Gasteiger partial charge in [-0.1, -0.05) is 0 Å². The molecule has 17 heavy (non-hydrogen) atoms. The normalized spacial score (nSPS) is 20.5. The maximum Gasteiger partial charge on any atom is 0.222 e. The van der Waals surface area contributed by atoms with Crippen LogP contribution in [0.25, 0.3) is 0 Å². The Morgan fingerprint density at radius 1 is 1.65 bits per heavy atom. The molecule has 0 spiro atoms. The highest BCUT2D eigenvalue weighted by molar-refractivity contribution is 9.10. The number of amides is 1. The van der Waals surface area contributed by atoms with Gasteiger partial charge < -0.3 is 16.0 Å². The first-order valence-electron chi connectivity index (χ1n) is 5.48. The van der Waals surface area contributed by atoms with E-state index in [9.17, 15) is 4.79 Å². The lowest BCUT2D eigenvalue weighted by molar-refractivity contribution is -0.132. The van der Waals surface area contributed by atoms with Crippen molar-refractivity contribution in [2.24, 2.45) is 0 Å². The molecule has 1 aromatic heterocycles. The van der Waals surface area contributed by atoms with Gasteiger partial charge in [0.2, 0.25) is 5.91 Å². The minimum Gasteiger partial charge on any atom is -0.396 e. The Morgan fingerprint density at radius 3 is 3.06 bits per heavy atom. The van der Waals surface area contributed by atoms with E-state index in [-0.39, 0.29) is 11.9 Å². The molecule has 0 saturated carbocycles. The van der Waals surface area contributed by atoms with Crippen LogP contribution in [0.5, 0.6) is 0 Å². The topological polar surface area (TPSA) is 71.2 Å². The fourth-order valence-corrected chi connectivity index (χ4v) is 2.25. The standard InChI is InChI=1S/C11H15BrN4O/c1-16-6-8(2-3-10(16)17)15-11-9(13)4-7(12)5-14-11/h4-5,8H,2-3,6,13H2,1H3,(H,14,15). The van der Waals surface area contributed by atoms with Crippen LogP contribution in [0, 0.1) is 0 Å². The van der Waals surface area contributed by atoms with Crippen molar-refractivity contribution in [2.45, 2.75) is 18.9 Å². The number of nitrogens with zero attached hydrogens (tertiary/aromatic N) is 2. The van der Waals surface area contributed by atoms with E-state index in [1.807, 2.05) is 13.1 Å². The lowest BCUT2D eigenvalue weighted by Gasteiger charge is -2.30. The van der Waals surface area contributed by atoms with Crippen molar-refractivity contribution >= 4 is 33.3 Å². The number of nitrogens with one attached hydrogen (secondary N) is 1. The quantitative estimate of drug-likeness (QED) is 0.867. The zero-order chi connectivity index (χ0) is 12.4. The number of nitrogens with two attached hydrogens (primary N) is 1. The largest absolute Gasteiger partial charge is 0.396 e. The summed E-state index contributed by atoms with van der Waals surface area (Å²) in [5.74, 6) is 0.876. The van der Waals surface area contributed by atoms with Crippen molar-refractivity contribution in [2.75, 3.05) is 24.6 Å². The second kappa shape index (κ2) is 4.91. The molecule has 1 saturated heterocycles. The van der Waals surface area contributed by atoms with Gasteiger partial charge in [0.15, 0.2) is 0 Å². The van der Waals surface area contributed by atoms with Crippen LogP contribution >= 0.6 is 15.9 Å². The summed E-state index contributed by atoms with van der Waals surface area (Å²) >= 11 is 3.32. The smallest absolute Gasteiger partial charge is 0.222 e. The van der Waals surface area contributed by atoms with Gasteiger partial charge in [0.25, 0.3) is 0 Å². The van der Waals surface area contributed by atoms with E-state index in [1.165, 1.54) is 0 Å². The van der Waals surface area contributed by atoms with Crippen molar-refractivity contribution in [3.8, 4) is 0 Å². The van der Waals surface area contributed by atoms with Crippen LogP contribution in [0.2, 0.25) is 0 Å². The molecule has 1 amide bonds. The number of halogens is 1. The molecule has 1 unspecified atom stereocenters. The summed E-state index contributed by atoms with van der Waals surface area (Å²) in [4.78, 5) is 17.3. The second-order valence-electron chi connectivity index (χ2n) is 4.25. The molecule has 0 bridgehead atoms. The molecular formula is C11H15BrN4O. The third-order valence-electron chi connectivity index (χ3n) is 2.85. The molecule has 5 nitrogen and oxygen atoms in total. The number of nitrogen functional groups attached to an aromatic ring is 1. The van der Waals surface area contributed by atoms with E-state index in [4.69, 9.17) is 5.73 Å². The number of carbonyl (C=O) groups excluding carboxylic acids is 1. The Kier molecular flexibility index (Phi) is 3.51. The first-order chi connectivity index (χ1) is 8.06. The van der Waals surface area contributed by atoms with Gasteiger partial charge >= 0.3 is 0 Å². The van der Waals surface area contributed by atoms with Crippen molar-refractivity contribution < 1.29 is 4.79 Å². The summed E-state index contributed by atoms with van der Waals surface area (Å²) in [6.45, 7) is 0.690. The van der Waals surface area contributed by atoms with Crippen LogP contribution in [0.4, 0.5) is 11.5 Å². The first-order valence-corrected chi connectivity index (χ1v) is 6.27. The molecule has 1 aliphatic rings. The summed E-state index contributed by atoms with van der Waals surface area (Å²) < 4.78 is 0.858. The third kappa shape index (κ3) is 2.88. The molecule has 1 atom stereocenters. The molecule has 2 heterocycles. The van der Waals surface area contributed by atoms with Crippen molar-refractivity contribution in [3.63, 3.8) is 0 Å². The molecule has 0 aliphatic carbocycles. The number of likely N-dealkylation sites (tertiary alicyclic amines) is 1. The molecule has 1 aromatic rings.